The van der Waals surface area contributed by atoms with Gasteiger partial charge in [-0.15, -0.1) is 0 Å². The Morgan fingerprint density at radius 2 is 2.14 bits per heavy atom. The van der Waals surface area contributed by atoms with Crippen molar-refractivity contribution < 1.29 is 14.7 Å². The van der Waals surface area contributed by atoms with Crippen LogP contribution in [-0.4, -0.2) is 32.1 Å². The number of nitrogens with one attached hydrogen (secondary N) is 3. The van der Waals surface area contributed by atoms with E-state index in [9.17, 15) is 9.59 Å². The molecule has 0 aliphatic rings. The number of H-pyrrole nitrogens is 1. The molecule has 2 heterocycles. The Bertz CT molecular complexity index is 643. The monoisotopic (exact) mass is 289 g/mol. The van der Waals surface area contributed by atoms with E-state index in [1.807, 2.05) is 6.92 Å². The summed E-state index contributed by atoms with van der Waals surface area (Å²) >= 11 is 0. The van der Waals surface area contributed by atoms with Gasteiger partial charge in [-0.1, -0.05) is 0 Å². The van der Waals surface area contributed by atoms with Crippen LogP contribution in [0.15, 0.2) is 18.6 Å². The summed E-state index contributed by atoms with van der Waals surface area (Å²) in [5, 5.41) is 13.6. The van der Waals surface area contributed by atoms with Crippen LogP contribution in [0.2, 0.25) is 0 Å². The van der Waals surface area contributed by atoms with Gasteiger partial charge in [0.2, 0.25) is 0 Å². The molecule has 4 N–H and O–H groups in total. The van der Waals surface area contributed by atoms with Crippen molar-refractivity contribution in [3.05, 3.63) is 41.1 Å². The lowest BCUT2D eigenvalue weighted by molar-refractivity contribution is 0.0946. The molecule has 2 amide bonds. The Hall–Kier alpha value is -2.90. The number of aromatic amines is 1. The summed E-state index contributed by atoms with van der Waals surface area (Å²) < 4.78 is 0. The van der Waals surface area contributed by atoms with Gasteiger partial charge in [-0.2, -0.15) is 0 Å². The quantitative estimate of drug-likeness (QED) is 0.679. The van der Waals surface area contributed by atoms with Gasteiger partial charge in [0.15, 0.2) is 0 Å². The molecular formula is C13H15N5O3. The number of hydrogen-bond acceptors (Lipinski definition) is 4. The molecule has 21 heavy (non-hydrogen) atoms. The maximum absolute atomic E-state index is 11.8. The normalized spacial score (nSPS) is 10.2. The first-order valence-corrected chi connectivity index (χ1v) is 6.21. The second kappa shape index (κ2) is 6.04. The van der Waals surface area contributed by atoms with Gasteiger partial charge in [0.05, 0.1) is 12.5 Å². The summed E-state index contributed by atoms with van der Waals surface area (Å²) in [6.45, 7) is 3.90. The molecule has 0 aliphatic heterocycles. The number of aromatic nitrogens is 3. The van der Waals surface area contributed by atoms with Crippen LogP contribution in [0.5, 0.6) is 0 Å². The van der Waals surface area contributed by atoms with Gasteiger partial charge >= 0.3 is 6.09 Å². The van der Waals surface area contributed by atoms with E-state index in [1.165, 1.54) is 12.5 Å². The number of carboxylic acid groups (broad SMARTS) is 1. The van der Waals surface area contributed by atoms with Gasteiger partial charge in [-0.3, -0.25) is 10.1 Å². The average molecular weight is 289 g/mol. The van der Waals surface area contributed by atoms with Crippen LogP contribution >= 0.6 is 0 Å². The second-order valence-corrected chi connectivity index (χ2v) is 4.47. The summed E-state index contributed by atoms with van der Waals surface area (Å²) in [5.41, 5.74) is 2.72. The molecule has 0 bridgehead atoms. The number of imidazole rings is 1. The zero-order valence-corrected chi connectivity index (χ0v) is 11.6. The van der Waals surface area contributed by atoms with Gasteiger partial charge in [0, 0.05) is 12.2 Å². The van der Waals surface area contributed by atoms with Crippen LogP contribution in [0.3, 0.4) is 0 Å². The van der Waals surface area contributed by atoms with Crippen LogP contribution in [0.25, 0.3) is 0 Å². The van der Waals surface area contributed by atoms with Crippen molar-refractivity contribution >= 4 is 17.8 Å². The number of nitrogens with zero attached hydrogens (tertiary/aromatic N) is 2. The van der Waals surface area contributed by atoms with E-state index in [-0.39, 0.29) is 11.7 Å². The van der Waals surface area contributed by atoms with Gasteiger partial charge in [0.25, 0.3) is 5.91 Å². The first-order valence-electron chi connectivity index (χ1n) is 6.21. The van der Waals surface area contributed by atoms with Crippen LogP contribution in [0, 0.1) is 13.8 Å². The molecule has 2 rings (SSSR count). The molecular weight excluding hydrogens is 274 g/mol. The third kappa shape index (κ3) is 3.56. The number of amides is 2. The lowest BCUT2D eigenvalue weighted by atomic mass is 10.1. The molecule has 0 unspecified atom stereocenters. The van der Waals surface area contributed by atoms with Crippen molar-refractivity contribution in [1.82, 2.24) is 20.3 Å². The molecule has 0 spiro atoms. The standard InChI is InChI=1S/C13H15N5O3/c1-7-3-11(18-13(20)21)17-8(2)9(7)4-15-12(19)10-5-14-6-16-10/h3,5-6H,4H2,1-2H3,(H,14,16)(H,15,19)(H,17,18)(H,20,21). The fourth-order valence-corrected chi connectivity index (χ4v) is 1.94. The number of anilines is 1. The highest BCUT2D eigenvalue weighted by Gasteiger charge is 2.11. The smallest absolute Gasteiger partial charge is 0.410 e. The summed E-state index contributed by atoms with van der Waals surface area (Å²) in [4.78, 5) is 33.1. The van der Waals surface area contributed by atoms with E-state index >= 15 is 0 Å². The van der Waals surface area contributed by atoms with E-state index in [0.29, 0.717) is 17.9 Å². The topological polar surface area (TPSA) is 120 Å². The summed E-state index contributed by atoms with van der Waals surface area (Å²) in [7, 11) is 0. The van der Waals surface area contributed by atoms with Crippen molar-refractivity contribution in [3.8, 4) is 0 Å². The highest BCUT2D eigenvalue weighted by molar-refractivity contribution is 5.91. The Morgan fingerprint density at radius 1 is 1.38 bits per heavy atom. The van der Waals surface area contributed by atoms with Crippen molar-refractivity contribution in [2.24, 2.45) is 0 Å². The molecule has 0 saturated carbocycles. The number of carbonyl (C=O) groups excluding carboxylic acids is 1. The van der Waals surface area contributed by atoms with Gasteiger partial charge in [-0.25, -0.2) is 14.8 Å². The molecule has 2 aromatic rings. The maximum Gasteiger partial charge on any atom is 0.410 e. The molecule has 0 atom stereocenters. The molecule has 0 aliphatic carbocycles. The minimum Gasteiger partial charge on any atom is -0.465 e. The molecule has 110 valence electrons. The van der Waals surface area contributed by atoms with Crippen LogP contribution < -0.4 is 10.6 Å². The third-order valence-corrected chi connectivity index (χ3v) is 2.96. The van der Waals surface area contributed by atoms with E-state index in [0.717, 1.165) is 11.1 Å². The minimum atomic E-state index is -1.17. The predicted molar refractivity (Wildman–Crippen MR) is 75.1 cm³/mol. The van der Waals surface area contributed by atoms with E-state index in [2.05, 4.69) is 25.6 Å². The van der Waals surface area contributed by atoms with E-state index in [4.69, 9.17) is 5.11 Å². The van der Waals surface area contributed by atoms with E-state index in [1.54, 1.807) is 13.0 Å². The van der Waals surface area contributed by atoms with Crippen molar-refractivity contribution in [2.75, 3.05) is 5.32 Å². The fraction of sp³-hybridized carbons (Fsp3) is 0.231. The minimum absolute atomic E-state index is 0.265. The summed E-state index contributed by atoms with van der Waals surface area (Å²) in [6, 6.07) is 1.62. The number of aryl methyl sites for hydroxylation is 2. The Labute approximate surface area is 120 Å². The predicted octanol–water partition coefficient (Wildman–Crippen LogP) is 1.44. The molecule has 0 aromatic carbocycles. The Kier molecular flexibility index (Phi) is 4.17. The number of hydrogen-bond donors (Lipinski definition) is 4. The van der Waals surface area contributed by atoms with E-state index < -0.39 is 6.09 Å². The third-order valence-electron chi connectivity index (χ3n) is 2.96. The van der Waals surface area contributed by atoms with Gasteiger partial charge in [0.1, 0.15) is 11.5 Å². The Balaban J connectivity index is 2.10. The highest BCUT2D eigenvalue weighted by atomic mass is 16.4. The Morgan fingerprint density at radius 3 is 2.71 bits per heavy atom. The van der Waals surface area contributed by atoms with Gasteiger partial charge in [-0.05, 0) is 31.0 Å². The fourth-order valence-electron chi connectivity index (χ4n) is 1.94. The van der Waals surface area contributed by atoms with Crippen LogP contribution in [0.4, 0.5) is 10.6 Å². The van der Waals surface area contributed by atoms with Crippen molar-refractivity contribution in [3.63, 3.8) is 0 Å². The maximum atomic E-state index is 11.8. The van der Waals surface area contributed by atoms with Crippen LogP contribution in [0.1, 0.15) is 27.3 Å². The van der Waals surface area contributed by atoms with Crippen LogP contribution in [-0.2, 0) is 6.54 Å². The number of rotatable bonds is 4. The SMILES string of the molecule is Cc1cc(NC(=O)O)nc(C)c1CNC(=O)c1cnc[nH]1. The average Bonchev–Trinajstić information content (AvgIpc) is 2.90. The molecule has 2 aromatic heterocycles. The highest BCUT2D eigenvalue weighted by Crippen LogP contribution is 2.16. The number of pyridine rings is 1. The molecule has 8 nitrogen and oxygen atoms in total. The second-order valence-electron chi connectivity index (χ2n) is 4.47. The van der Waals surface area contributed by atoms with Gasteiger partial charge < -0.3 is 15.4 Å². The molecule has 0 radical (unpaired) electrons. The molecule has 0 saturated heterocycles. The zero-order chi connectivity index (χ0) is 15.4. The first kappa shape index (κ1) is 14.5. The van der Waals surface area contributed by atoms with Crippen molar-refractivity contribution in [2.45, 2.75) is 20.4 Å². The lowest BCUT2D eigenvalue weighted by Crippen LogP contribution is -2.24. The summed E-state index contributed by atoms with van der Waals surface area (Å²) in [5.74, 6) is 0.000168. The zero-order valence-electron chi connectivity index (χ0n) is 11.6. The summed E-state index contributed by atoms with van der Waals surface area (Å²) in [6.07, 6.45) is 1.70. The van der Waals surface area contributed by atoms with Crippen molar-refractivity contribution in [1.29, 1.82) is 0 Å². The lowest BCUT2D eigenvalue weighted by Gasteiger charge is -2.12. The molecule has 8 heteroatoms. The largest absolute Gasteiger partial charge is 0.465 e. The number of carbonyl (C=O) groups is 2. The first-order chi connectivity index (χ1) is 9.97. The molecule has 0 fully saturated rings.